The van der Waals surface area contributed by atoms with Crippen molar-refractivity contribution >= 4 is 44.6 Å². The number of aromatic nitrogens is 2. The summed E-state index contributed by atoms with van der Waals surface area (Å²) in [5.74, 6) is 1.41. The Bertz CT molecular complexity index is 1270. The number of piperidine rings is 1. The molecule has 186 valence electrons. The third-order valence-corrected chi connectivity index (χ3v) is 7.00. The van der Waals surface area contributed by atoms with Gasteiger partial charge in [-0.1, -0.05) is 42.3 Å². The highest BCUT2D eigenvalue weighted by atomic mass is 35.5. The monoisotopic (exact) mass is 515 g/mol. The lowest BCUT2D eigenvalue weighted by Crippen LogP contribution is -2.40. The molecule has 0 bridgehead atoms. The fourth-order valence-corrected chi connectivity index (χ4v) is 4.99. The van der Waals surface area contributed by atoms with Crippen LogP contribution in [-0.2, 0) is 15.6 Å². The molecule has 0 aliphatic carbocycles. The van der Waals surface area contributed by atoms with Crippen LogP contribution < -0.4 is 15.4 Å². The first kappa shape index (κ1) is 25.2. The van der Waals surface area contributed by atoms with Crippen LogP contribution >= 0.6 is 11.6 Å². The standard InChI is InChI=1S/C25H30ClN5O3S/c1-31-13-6-5-10-20(31)16-34-21-11-7-9-19(14-21)28-25-27-15-22(26)24(30-25)29-23-12-4-3-8-18(23)17-35(2,32)33/h3-4,7-9,11-12,14-15,20H,5-6,10,13,16-17H2,1-2H3,(H2,27,28,29,30). The van der Waals surface area contributed by atoms with E-state index in [1.54, 1.807) is 18.2 Å². The number of hydrogen-bond acceptors (Lipinski definition) is 8. The van der Waals surface area contributed by atoms with Crippen LogP contribution in [0.25, 0.3) is 0 Å². The Labute approximate surface area is 211 Å². The fourth-order valence-electron chi connectivity index (χ4n) is 4.03. The maximum Gasteiger partial charge on any atom is 0.229 e. The van der Waals surface area contributed by atoms with E-state index in [9.17, 15) is 8.42 Å². The first-order valence-corrected chi connectivity index (χ1v) is 14.0. The molecule has 0 saturated carbocycles. The van der Waals surface area contributed by atoms with Crippen LogP contribution in [0.3, 0.4) is 0 Å². The van der Waals surface area contributed by atoms with Crippen molar-refractivity contribution < 1.29 is 13.2 Å². The summed E-state index contributed by atoms with van der Waals surface area (Å²) >= 11 is 6.33. The minimum Gasteiger partial charge on any atom is -0.492 e. The van der Waals surface area contributed by atoms with Gasteiger partial charge >= 0.3 is 0 Å². The third-order valence-electron chi connectivity index (χ3n) is 5.89. The molecule has 3 aromatic rings. The zero-order valence-electron chi connectivity index (χ0n) is 19.9. The minimum atomic E-state index is -3.20. The van der Waals surface area contributed by atoms with Crippen molar-refractivity contribution in [2.45, 2.75) is 31.1 Å². The predicted octanol–water partition coefficient (Wildman–Crippen LogP) is 5.02. The second-order valence-electron chi connectivity index (χ2n) is 8.84. The maximum atomic E-state index is 11.8. The molecule has 1 unspecified atom stereocenters. The van der Waals surface area contributed by atoms with E-state index in [2.05, 4.69) is 32.5 Å². The smallest absolute Gasteiger partial charge is 0.229 e. The van der Waals surface area contributed by atoms with Crippen molar-refractivity contribution in [1.29, 1.82) is 0 Å². The molecular formula is C25H30ClN5O3S. The van der Waals surface area contributed by atoms with Gasteiger partial charge in [-0.05, 0) is 50.2 Å². The topological polar surface area (TPSA) is 96.5 Å². The molecule has 1 aliphatic heterocycles. The van der Waals surface area contributed by atoms with E-state index in [0.717, 1.165) is 24.4 Å². The molecule has 2 N–H and O–H groups in total. The molecule has 2 aromatic carbocycles. The summed E-state index contributed by atoms with van der Waals surface area (Å²) in [6.45, 7) is 1.76. The SMILES string of the molecule is CN1CCCCC1COc1cccc(Nc2ncc(Cl)c(Nc3ccccc3CS(C)(=O)=O)n2)c1. The molecular weight excluding hydrogens is 486 g/mol. The van der Waals surface area contributed by atoms with E-state index < -0.39 is 9.84 Å². The minimum absolute atomic E-state index is 0.0899. The molecule has 1 fully saturated rings. The van der Waals surface area contributed by atoms with Gasteiger partial charge in [0.05, 0.1) is 11.9 Å². The second-order valence-corrected chi connectivity index (χ2v) is 11.4. The molecule has 8 nitrogen and oxygen atoms in total. The van der Waals surface area contributed by atoms with Crippen molar-refractivity contribution in [3.05, 3.63) is 65.3 Å². The van der Waals surface area contributed by atoms with Crippen LogP contribution in [0, 0.1) is 0 Å². The van der Waals surface area contributed by atoms with Gasteiger partial charge in [-0.3, -0.25) is 0 Å². The molecule has 1 atom stereocenters. The zero-order valence-corrected chi connectivity index (χ0v) is 21.4. The lowest BCUT2D eigenvalue weighted by molar-refractivity contribution is 0.125. The van der Waals surface area contributed by atoms with Gasteiger partial charge in [0.25, 0.3) is 0 Å². The molecule has 0 spiro atoms. The van der Waals surface area contributed by atoms with Crippen LogP contribution in [-0.4, -0.2) is 55.8 Å². The molecule has 1 saturated heterocycles. The highest BCUT2D eigenvalue weighted by molar-refractivity contribution is 7.89. The number of sulfone groups is 1. The number of nitrogens with one attached hydrogen (secondary N) is 2. The van der Waals surface area contributed by atoms with Crippen LogP contribution in [0.15, 0.2) is 54.7 Å². The van der Waals surface area contributed by atoms with E-state index in [-0.39, 0.29) is 5.75 Å². The molecule has 35 heavy (non-hydrogen) atoms. The molecule has 10 heteroatoms. The molecule has 4 rings (SSSR count). The number of rotatable bonds is 9. The average molecular weight is 516 g/mol. The van der Waals surface area contributed by atoms with E-state index in [1.807, 2.05) is 30.3 Å². The number of para-hydroxylation sites is 1. The molecule has 0 radical (unpaired) electrons. The number of halogens is 1. The quantitative estimate of drug-likeness (QED) is 0.410. The Hall–Kier alpha value is -2.88. The van der Waals surface area contributed by atoms with Crippen LogP contribution in [0.4, 0.5) is 23.1 Å². The Morgan fingerprint density at radius 3 is 2.77 bits per heavy atom. The normalized spacial score (nSPS) is 16.6. The second kappa shape index (κ2) is 11.2. The Morgan fingerprint density at radius 1 is 1.14 bits per heavy atom. The average Bonchev–Trinajstić information content (AvgIpc) is 2.81. The number of ether oxygens (including phenoxy) is 1. The molecule has 1 aliphatic rings. The number of likely N-dealkylation sites (tertiary alicyclic amines) is 1. The van der Waals surface area contributed by atoms with Gasteiger partial charge in [-0.2, -0.15) is 4.98 Å². The summed E-state index contributed by atoms with van der Waals surface area (Å²) < 4.78 is 29.7. The van der Waals surface area contributed by atoms with Gasteiger partial charge in [-0.25, -0.2) is 13.4 Å². The van der Waals surface area contributed by atoms with Crippen molar-refractivity contribution in [3.8, 4) is 5.75 Å². The molecule has 0 amide bonds. The van der Waals surface area contributed by atoms with E-state index >= 15 is 0 Å². The number of benzene rings is 2. The highest BCUT2D eigenvalue weighted by Crippen LogP contribution is 2.28. The number of likely N-dealkylation sites (N-methyl/N-ethyl adjacent to an activating group) is 1. The van der Waals surface area contributed by atoms with Crippen LogP contribution in [0.1, 0.15) is 24.8 Å². The summed E-state index contributed by atoms with van der Waals surface area (Å²) in [5, 5.41) is 6.65. The Morgan fingerprint density at radius 2 is 1.97 bits per heavy atom. The van der Waals surface area contributed by atoms with Crippen LogP contribution in [0.5, 0.6) is 5.75 Å². The first-order valence-electron chi connectivity index (χ1n) is 11.5. The van der Waals surface area contributed by atoms with Crippen molar-refractivity contribution in [1.82, 2.24) is 14.9 Å². The first-order chi connectivity index (χ1) is 16.8. The van der Waals surface area contributed by atoms with Crippen molar-refractivity contribution in [2.75, 3.05) is 37.1 Å². The van der Waals surface area contributed by atoms with Gasteiger partial charge in [0.15, 0.2) is 15.7 Å². The maximum absolute atomic E-state index is 11.8. The van der Waals surface area contributed by atoms with Crippen molar-refractivity contribution in [3.63, 3.8) is 0 Å². The molecule has 2 heterocycles. The van der Waals surface area contributed by atoms with Crippen molar-refractivity contribution in [2.24, 2.45) is 0 Å². The van der Waals surface area contributed by atoms with Gasteiger partial charge in [-0.15, -0.1) is 0 Å². The van der Waals surface area contributed by atoms with Crippen LogP contribution in [0.2, 0.25) is 5.02 Å². The predicted molar refractivity (Wildman–Crippen MR) is 141 cm³/mol. The summed E-state index contributed by atoms with van der Waals surface area (Å²) in [6, 6.07) is 15.3. The Balaban J connectivity index is 1.46. The summed E-state index contributed by atoms with van der Waals surface area (Å²) in [6.07, 6.45) is 6.33. The zero-order chi connectivity index (χ0) is 24.8. The summed E-state index contributed by atoms with van der Waals surface area (Å²) in [5.41, 5.74) is 2.03. The lowest BCUT2D eigenvalue weighted by Gasteiger charge is -2.32. The van der Waals surface area contributed by atoms with E-state index in [1.165, 1.54) is 25.3 Å². The largest absolute Gasteiger partial charge is 0.492 e. The van der Waals surface area contributed by atoms with Gasteiger partial charge in [0.1, 0.15) is 17.4 Å². The fraction of sp³-hybridized carbons (Fsp3) is 0.360. The van der Waals surface area contributed by atoms with E-state index in [0.29, 0.717) is 40.7 Å². The van der Waals surface area contributed by atoms with Gasteiger partial charge in [0, 0.05) is 29.7 Å². The lowest BCUT2D eigenvalue weighted by atomic mass is 10.0. The summed E-state index contributed by atoms with van der Waals surface area (Å²) in [7, 11) is -1.06. The molecule has 1 aromatic heterocycles. The van der Waals surface area contributed by atoms with Gasteiger partial charge < -0.3 is 20.3 Å². The Kier molecular flexibility index (Phi) is 8.10. The number of nitrogens with zero attached hydrogens (tertiary/aromatic N) is 3. The van der Waals surface area contributed by atoms with E-state index in [4.69, 9.17) is 16.3 Å². The number of hydrogen-bond donors (Lipinski definition) is 2. The highest BCUT2D eigenvalue weighted by Gasteiger charge is 2.19. The third kappa shape index (κ3) is 7.30. The van der Waals surface area contributed by atoms with Gasteiger partial charge in [0.2, 0.25) is 5.95 Å². The summed E-state index contributed by atoms with van der Waals surface area (Å²) in [4.78, 5) is 11.1. The number of anilines is 4.